The largest absolute Gasteiger partial charge is 0.337 e. The quantitative estimate of drug-likeness (QED) is 0.583. The number of aromatic nitrogens is 4. The minimum Gasteiger partial charge on any atom is -0.337 e. The fraction of sp³-hybridized carbons (Fsp3) is 0.500. The van der Waals surface area contributed by atoms with E-state index in [9.17, 15) is 4.79 Å². The molecule has 1 amide bonds. The van der Waals surface area contributed by atoms with Crippen LogP contribution in [0.1, 0.15) is 64.6 Å². The van der Waals surface area contributed by atoms with Gasteiger partial charge in [-0.05, 0) is 50.5 Å². The van der Waals surface area contributed by atoms with E-state index in [2.05, 4.69) is 47.2 Å². The molecule has 1 aliphatic heterocycles. The van der Waals surface area contributed by atoms with Crippen LogP contribution in [-0.2, 0) is 16.6 Å². The van der Waals surface area contributed by atoms with Crippen LogP contribution in [0, 0.1) is 0 Å². The van der Waals surface area contributed by atoms with Crippen LogP contribution < -0.4 is 4.90 Å². The van der Waals surface area contributed by atoms with Crippen molar-refractivity contribution in [2.45, 2.75) is 65.2 Å². The van der Waals surface area contributed by atoms with Gasteiger partial charge in [-0.1, -0.05) is 33.1 Å². The van der Waals surface area contributed by atoms with Gasteiger partial charge in [0.15, 0.2) is 5.82 Å². The Hall–Kier alpha value is -2.63. The van der Waals surface area contributed by atoms with E-state index in [0.29, 0.717) is 0 Å². The number of anilines is 1. The number of H-pyrrole nitrogens is 2. The van der Waals surface area contributed by atoms with Gasteiger partial charge in [-0.3, -0.25) is 9.89 Å². The normalized spacial score (nSPS) is 15.6. The van der Waals surface area contributed by atoms with Crippen LogP contribution in [0.15, 0.2) is 18.2 Å². The van der Waals surface area contributed by atoms with Gasteiger partial charge in [0.1, 0.15) is 5.69 Å². The summed E-state index contributed by atoms with van der Waals surface area (Å²) >= 11 is 0. The van der Waals surface area contributed by atoms with Crippen LogP contribution >= 0.6 is 0 Å². The maximum absolute atomic E-state index is 13.0. The lowest BCUT2D eigenvalue weighted by molar-refractivity contribution is -0.122. The molecule has 0 saturated carbocycles. The molecular weight excluding hydrogens is 350 g/mol. The van der Waals surface area contributed by atoms with Gasteiger partial charge < -0.3 is 9.88 Å². The van der Waals surface area contributed by atoms with Crippen molar-refractivity contribution < 1.29 is 4.79 Å². The summed E-state index contributed by atoms with van der Waals surface area (Å²) in [5, 5.41) is 7.45. The van der Waals surface area contributed by atoms with Crippen LogP contribution in [0.2, 0.25) is 0 Å². The van der Waals surface area contributed by atoms with E-state index in [1.807, 2.05) is 18.7 Å². The summed E-state index contributed by atoms with van der Waals surface area (Å²) in [5.41, 5.74) is 5.35. The Bertz CT molecular complexity index is 1010. The van der Waals surface area contributed by atoms with Crippen molar-refractivity contribution in [3.8, 4) is 11.5 Å². The summed E-state index contributed by atoms with van der Waals surface area (Å²) in [6.07, 6.45) is 5.32. The second-order valence-corrected chi connectivity index (χ2v) is 8.28. The lowest BCUT2D eigenvalue weighted by Crippen LogP contribution is -2.36. The molecule has 28 heavy (non-hydrogen) atoms. The van der Waals surface area contributed by atoms with E-state index < -0.39 is 5.41 Å². The van der Waals surface area contributed by atoms with E-state index in [0.717, 1.165) is 78.1 Å². The molecule has 0 aliphatic carbocycles. The van der Waals surface area contributed by atoms with E-state index >= 15 is 0 Å². The van der Waals surface area contributed by atoms with Crippen LogP contribution in [-0.4, -0.2) is 32.6 Å². The van der Waals surface area contributed by atoms with Crippen LogP contribution in [0.25, 0.3) is 22.6 Å². The Kier molecular flexibility index (Phi) is 4.73. The number of hydrogen-bond acceptors (Lipinski definition) is 3. The predicted molar refractivity (Wildman–Crippen MR) is 113 cm³/mol. The zero-order chi connectivity index (χ0) is 19.9. The third kappa shape index (κ3) is 3.01. The number of imidazole rings is 1. The molecule has 148 valence electrons. The molecule has 6 heteroatoms. The molecule has 6 nitrogen and oxygen atoms in total. The van der Waals surface area contributed by atoms with E-state index in [1.165, 1.54) is 0 Å². The van der Waals surface area contributed by atoms with Gasteiger partial charge in [-0.15, -0.1) is 0 Å². The van der Waals surface area contributed by atoms with Gasteiger partial charge in [0.25, 0.3) is 0 Å². The SMILES string of the molecule is CCCCCN1C(=O)C(C)(C)c2cc3nc(-c4cc(CCC)n[nH]4)[nH]c3cc21. The molecule has 0 unspecified atom stereocenters. The second kappa shape index (κ2) is 7.08. The molecule has 2 N–H and O–H groups in total. The average Bonchev–Trinajstić information content (AvgIpc) is 3.33. The van der Waals surface area contributed by atoms with Gasteiger partial charge >= 0.3 is 0 Å². The molecule has 0 saturated heterocycles. The molecule has 0 fully saturated rings. The number of aryl methyl sites for hydroxylation is 1. The highest BCUT2D eigenvalue weighted by Crippen LogP contribution is 2.43. The van der Waals surface area contributed by atoms with Crippen LogP contribution in [0.5, 0.6) is 0 Å². The predicted octanol–water partition coefficient (Wildman–Crippen LogP) is 4.72. The first-order chi connectivity index (χ1) is 13.5. The summed E-state index contributed by atoms with van der Waals surface area (Å²) in [6, 6.07) is 6.22. The number of nitrogens with one attached hydrogen (secondary N) is 2. The van der Waals surface area contributed by atoms with Crippen molar-refractivity contribution in [3.63, 3.8) is 0 Å². The topological polar surface area (TPSA) is 77.7 Å². The van der Waals surface area contributed by atoms with Crippen molar-refractivity contribution in [1.29, 1.82) is 0 Å². The second-order valence-electron chi connectivity index (χ2n) is 8.28. The lowest BCUT2D eigenvalue weighted by Gasteiger charge is -2.20. The number of nitrogens with zero attached hydrogens (tertiary/aromatic N) is 3. The Morgan fingerprint density at radius 1 is 1.11 bits per heavy atom. The Morgan fingerprint density at radius 2 is 1.93 bits per heavy atom. The first-order valence-corrected chi connectivity index (χ1v) is 10.4. The van der Waals surface area contributed by atoms with E-state index in [-0.39, 0.29) is 5.91 Å². The number of hydrogen-bond donors (Lipinski definition) is 2. The fourth-order valence-electron chi connectivity index (χ4n) is 4.07. The molecule has 0 radical (unpaired) electrons. The van der Waals surface area contributed by atoms with Gasteiger partial charge in [0.2, 0.25) is 5.91 Å². The molecule has 0 bridgehead atoms. The number of fused-ring (bicyclic) bond motifs is 2. The van der Waals surface area contributed by atoms with Crippen molar-refractivity contribution in [3.05, 3.63) is 29.5 Å². The highest BCUT2D eigenvalue weighted by Gasteiger charge is 2.44. The molecular formula is C22H29N5O. The van der Waals surface area contributed by atoms with Crippen LogP contribution in [0.3, 0.4) is 0 Å². The highest BCUT2D eigenvalue weighted by atomic mass is 16.2. The first-order valence-electron chi connectivity index (χ1n) is 10.4. The Morgan fingerprint density at radius 3 is 2.68 bits per heavy atom. The minimum atomic E-state index is -0.517. The molecule has 3 heterocycles. The maximum Gasteiger partial charge on any atom is 0.237 e. The van der Waals surface area contributed by atoms with Gasteiger partial charge in [0.05, 0.1) is 27.8 Å². The first kappa shape index (κ1) is 18.7. The number of carbonyl (C=O) groups is 1. The number of benzene rings is 1. The lowest BCUT2D eigenvalue weighted by atomic mass is 9.86. The smallest absolute Gasteiger partial charge is 0.237 e. The highest BCUT2D eigenvalue weighted by molar-refractivity contribution is 6.09. The number of unbranched alkanes of at least 4 members (excludes halogenated alkanes) is 2. The molecule has 2 aromatic heterocycles. The zero-order valence-corrected chi connectivity index (χ0v) is 17.2. The molecule has 0 spiro atoms. The third-order valence-electron chi connectivity index (χ3n) is 5.72. The summed E-state index contributed by atoms with van der Waals surface area (Å²) in [6.45, 7) is 9.13. The third-order valence-corrected chi connectivity index (χ3v) is 5.72. The van der Waals surface area contributed by atoms with E-state index in [4.69, 9.17) is 4.98 Å². The number of aromatic amines is 2. The van der Waals surface area contributed by atoms with E-state index in [1.54, 1.807) is 0 Å². The summed E-state index contributed by atoms with van der Waals surface area (Å²) < 4.78 is 0. The standard InChI is InChI=1S/C22H29N5O/c1-5-7-8-10-27-19-13-17-16(12-15(19)22(3,4)21(27)28)23-20(24-17)18-11-14(9-6-2)25-26-18/h11-13H,5-10H2,1-4H3,(H,23,24)(H,25,26). The molecule has 3 aromatic rings. The number of rotatable bonds is 7. The monoisotopic (exact) mass is 379 g/mol. The molecule has 0 atom stereocenters. The molecule has 1 aromatic carbocycles. The molecule has 1 aliphatic rings. The minimum absolute atomic E-state index is 0.184. The summed E-state index contributed by atoms with van der Waals surface area (Å²) in [7, 11) is 0. The fourth-order valence-corrected chi connectivity index (χ4v) is 4.07. The van der Waals surface area contributed by atoms with Crippen LogP contribution in [0.4, 0.5) is 5.69 Å². The number of amides is 1. The molecule has 4 rings (SSSR count). The van der Waals surface area contributed by atoms with Gasteiger partial charge in [-0.2, -0.15) is 5.10 Å². The summed E-state index contributed by atoms with van der Waals surface area (Å²) in [4.78, 5) is 23.1. The van der Waals surface area contributed by atoms with Gasteiger partial charge in [-0.25, -0.2) is 4.98 Å². The van der Waals surface area contributed by atoms with Crippen molar-refractivity contribution in [1.82, 2.24) is 20.2 Å². The van der Waals surface area contributed by atoms with Crippen molar-refractivity contribution >= 4 is 22.6 Å². The zero-order valence-electron chi connectivity index (χ0n) is 17.2. The van der Waals surface area contributed by atoms with Crippen molar-refractivity contribution in [2.24, 2.45) is 0 Å². The van der Waals surface area contributed by atoms with Crippen molar-refractivity contribution in [2.75, 3.05) is 11.4 Å². The average molecular weight is 380 g/mol. The van der Waals surface area contributed by atoms with Gasteiger partial charge in [0, 0.05) is 6.54 Å². The Labute approximate surface area is 165 Å². The maximum atomic E-state index is 13.0. The number of carbonyl (C=O) groups excluding carboxylic acids is 1. The summed E-state index contributed by atoms with van der Waals surface area (Å²) in [5.74, 6) is 0.972. The Balaban J connectivity index is 1.73.